The van der Waals surface area contributed by atoms with Crippen LogP contribution in [0.5, 0.6) is 0 Å². The average Bonchev–Trinajstić information content (AvgIpc) is 2.69. The summed E-state index contributed by atoms with van der Waals surface area (Å²) in [5, 5.41) is 18.5. The van der Waals surface area contributed by atoms with Gasteiger partial charge in [0.05, 0.1) is 4.92 Å². The molecular formula is C20H22N4O6. The average molecular weight is 414 g/mol. The van der Waals surface area contributed by atoms with E-state index in [9.17, 15) is 24.5 Å². The van der Waals surface area contributed by atoms with E-state index in [1.165, 1.54) is 19.1 Å². The smallest absolute Gasteiger partial charge is 0.328 e. The van der Waals surface area contributed by atoms with Crippen molar-refractivity contribution in [3.8, 4) is 0 Å². The van der Waals surface area contributed by atoms with E-state index in [1.807, 2.05) is 0 Å². The zero-order chi connectivity index (χ0) is 22.3. The highest BCUT2D eigenvalue weighted by atomic mass is 16.6. The number of nitro benzene ring substituents is 1. The monoisotopic (exact) mass is 414 g/mol. The Labute approximate surface area is 172 Å². The number of aryl methyl sites for hydroxylation is 2. The Morgan fingerprint density at radius 3 is 2.33 bits per heavy atom. The molecule has 0 aliphatic rings. The number of carbonyl (C=O) groups excluding carboxylic acids is 3. The first-order chi connectivity index (χ1) is 14.2. The summed E-state index contributed by atoms with van der Waals surface area (Å²) < 4.78 is 4.88. The zero-order valence-corrected chi connectivity index (χ0v) is 16.7. The lowest BCUT2D eigenvalue weighted by Crippen LogP contribution is -2.42. The number of urea groups is 1. The van der Waals surface area contributed by atoms with Crippen molar-refractivity contribution in [1.82, 2.24) is 5.32 Å². The summed E-state index contributed by atoms with van der Waals surface area (Å²) >= 11 is 0. The number of amides is 3. The van der Waals surface area contributed by atoms with E-state index in [4.69, 9.17) is 4.74 Å². The summed E-state index contributed by atoms with van der Waals surface area (Å²) in [4.78, 5) is 46.5. The number of hydrogen-bond acceptors (Lipinski definition) is 6. The molecule has 0 radical (unpaired) electrons. The molecule has 2 rings (SSSR count). The standard InChI is InChI=1S/C20H22N4O6/c1-12-9-16(17(24(28)29)10-13(12)2)23-18(25)11-30-19(26)14(3)21-20(27)22-15-7-5-4-6-8-15/h4-10,14H,11H2,1-3H3,(H,23,25)(H2,21,22,27)/t14-/m0/s1. The Balaban J connectivity index is 1.87. The Bertz CT molecular complexity index is 961. The second-order valence-corrected chi connectivity index (χ2v) is 6.55. The number of nitro groups is 1. The maximum Gasteiger partial charge on any atom is 0.328 e. The third-order valence-corrected chi connectivity index (χ3v) is 4.16. The number of rotatable bonds is 7. The minimum absolute atomic E-state index is 0.0116. The fraction of sp³-hybridized carbons (Fsp3) is 0.250. The molecule has 0 heterocycles. The number of para-hydroxylation sites is 1. The van der Waals surface area contributed by atoms with Crippen LogP contribution >= 0.6 is 0 Å². The molecule has 10 nitrogen and oxygen atoms in total. The highest BCUT2D eigenvalue weighted by molar-refractivity contribution is 5.96. The van der Waals surface area contributed by atoms with Crippen LogP contribution in [-0.4, -0.2) is 35.5 Å². The molecule has 10 heteroatoms. The van der Waals surface area contributed by atoms with Gasteiger partial charge in [0.25, 0.3) is 11.6 Å². The van der Waals surface area contributed by atoms with Crippen LogP contribution in [0.25, 0.3) is 0 Å². The largest absolute Gasteiger partial charge is 0.454 e. The van der Waals surface area contributed by atoms with Gasteiger partial charge >= 0.3 is 12.0 Å². The third kappa shape index (κ3) is 6.30. The molecule has 0 aliphatic carbocycles. The van der Waals surface area contributed by atoms with E-state index in [-0.39, 0.29) is 11.4 Å². The summed E-state index contributed by atoms with van der Waals surface area (Å²) in [6.07, 6.45) is 0. The molecule has 1 atom stereocenters. The fourth-order valence-electron chi connectivity index (χ4n) is 2.44. The van der Waals surface area contributed by atoms with Crippen molar-refractivity contribution in [2.24, 2.45) is 0 Å². The van der Waals surface area contributed by atoms with Crippen LogP contribution in [0, 0.1) is 24.0 Å². The quantitative estimate of drug-likeness (QED) is 0.362. The van der Waals surface area contributed by atoms with E-state index >= 15 is 0 Å². The minimum Gasteiger partial charge on any atom is -0.454 e. The van der Waals surface area contributed by atoms with Crippen molar-refractivity contribution in [3.05, 3.63) is 63.7 Å². The second kappa shape index (κ2) is 10.0. The number of esters is 1. The van der Waals surface area contributed by atoms with Gasteiger partial charge < -0.3 is 20.7 Å². The van der Waals surface area contributed by atoms with Gasteiger partial charge in [0.2, 0.25) is 0 Å². The number of ether oxygens (including phenoxy) is 1. The molecule has 0 saturated heterocycles. The number of anilines is 2. The van der Waals surface area contributed by atoms with Crippen LogP contribution in [0.4, 0.5) is 21.9 Å². The van der Waals surface area contributed by atoms with Crippen molar-refractivity contribution in [1.29, 1.82) is 0 Å². The Hall–Kier alpha value is -3.95. The van der Waals surface area contributed by atoms with Crippen molar-refractivity contribution in [2.45, 2.75) is 26.8 Å². The van der Waals surface area contributed by atoms with E-state index in [2.05, 4.69) is 16.0 Å². The first kappa shape index (κ1) is 22.3. The lowest BCUT2D eigenvalue weighted by molar-refractivity contribution is -0.384. The predicted octanol–water partition coefficient (Wildman–Crippen LogP) is 2.90. The lowest BCUT2D eigenvalue weighted by atomic mass is 10.1. The van der Waals surface area contributed by atoms with E-state index < -0.39 is 35.5 Å². The van der Waals surface area contributed by atoms with Crippen LogP contribution < -0.4 is 16.0 Å². The third-order valence-electron chi connectivity index (χ3n) is 4.16. The Morgan fingerprint density at radius 1 is 1.07 bits per heavy atom. The first-order valence-corrected chi connectivity index (χ1v) is 9.02. The number of nitrogens with zero attached hydrogens (tertiary/aromatic N) is 1. The van der Waals surface area contributed by atoms with Gasteiger partial charge in [0.1, 0.15) is 11.7 Å². The number of benzene rings is 2. The van der Waals surface area contributed by atoms with Gasteiger partial charge in [0.15, 0.2) is 6.61 Å². The number of nitrogens with one attached hydrogen (secondary N) is 3. The lowest BCUT2D eigenvalue weighted by Gasteiger charge is -2.14. The maximum atomic E-state index is 12.1. The van der Waals surface area contributed by atoms with Crippen LogP contribution in [-0.2, 0) is 14.3 Å². The highest BCUT2D eigenvalue weighted by Crippen LogP contribution is 2.27. The zero-order valence-electron chi connectivity index (χ0n) is 16.7. The molecule has 3 N–H and O–H groups in total. The fourth-order valence-corrected chi connectivity index (χ4v) is 2.44. The van der Waals surface area contributed by atoms with Crippen LogP contribution in [0.1, 0.15) is 18.1 Å². The van der Waals surface area contributed by atoms with Gasteiger partial charge in [-0.15, -0.1) is 0 Å². The molecule has 0 fully saturated rings. The molecule has 0 saturated carbocycles. The molecule has 3 amide bonds. The van der Waals surface area contributed by atoms with Gasteiger partial charge in [-0.05, 0) is 50.1 Å². The van der Waals surface area contributed by atoms with Gasteiger partial charge in [-0.3, -0.25) is 14.9 Å². The summed E-state index contributed by atoms with van der Waals surface area (Å²) in [6, 6.07) is 9.84. The van der Waals surface area contributed by atoms with Crippen LogP contribution in [0.2, 0.25) is 0 Å². The molecule has 0 aliphatic heterocycles. The molecule has 0 spiro atoms. The number of carbonyl (C=O) groups is 3. The van der Waals surface area contributed by atoms with Crippen molar-refractivity contribution in [3.63, 3.8) is 0 Å². The van der Waals surface area contributed by atoms with Gasteiger partial charge in [-0.25, -0.2) is 9.59 Å². The molecule has 0 unspecified atom stereocenters. The minimum atomic E-state index is -1.02. The predicted molar refractivity (Wildman–Crippen MR) is 110 cm³/mol. The van der Waals surface area contributed by atoms with E-state index in [0.29, 0.717) is 11.3 Å². The topological polar surface area (TPSA) is 140 Å². The first-order valence-electron chi connectivity index (χ1n) is 9.02. The summed E-state index contributed by atoms with van der Waals surface area (Å²) in [5.41, 5.74) is 1.77. The SMILES string of the molecule is Cc1cc(NC(=O)COC(=O)[C@H](C)NC(=O)Nc2ccccc2)c([N+](=O)[O-])cc1C. The van der Waals surface area contributed by atoms with Crippen LogP contribution in [0.3, 0.4) is 0 Å². The van der Waals surface area contributed by atoms with Crippen LogP contribution in [0.15, 0.2) is 42.5 Å². The highest BCUT2D eigenvalue weighted by Gasteiger charge is 2.21. The van der Waals surface area contributed by atoms with Crippen molar-refractivity contribution in [2.75, 3.05) is 17.2 Å². The molecule has 30 heavy (non-hydrogen) atoms. The van der Waals surface area contributed by atoms with E-state index in [1.54, 1.807) is 44.2 Å². The molecule has 0 aromatic heterocycles. The summed E-state index contributed by atoms with van der Waals surface area (Å²) in [5.74, 6) is -1.57. The van der Waals surface area contributed by atoms with Crippen molar-refractivity contribution < 1.29 is 24.0 Å². The second-order valence-electron chi connectivity index (χ2n) is 6.55. The molecular weight excluding hydrogens is 392 g/mol. The summed E-state index contributed by atoms with van der Waals surface area (Å²) in [6.45, 7) is 4.22. The number of hydrogen-bond donors (Lipinski definition) is 3. The molecule has 0 bridgehead atoms. The van der Waals surface area contributed by atoms with Gasteiger partial charge in [-0.1, -0.05) is 18.2 Å². The van der Waals surface area contributed by atoms with Gasteiger partial charge in [0, 0.05) is 11.8 Å². The Morgan fingerprint density at radius 2 is 1.70 bits per heavy atom. The normalized spacial score (nSPS) is 11.2. The molecule has 2 aromatic rings. The molecule has 2 aromatic carbocycles. The molecule has 158 valence electrons. The van der Waals surface area contributed by atoms with E-state index in [0.717, 1.165) is 5.56 Å². The maximum absolute atomic E-state index is 12.1. The van der Waals surface area contributed by atoms with Crippen molar-refractivity contribution >= 4 is 35.0 Å². The summed E-state index contributed by atoms with van der Waals surface area (Å²) in [7, 11) is 0. The Kier molecular flexibility index (Phi) is 7.45. The van der Waals surface area contributed by atoms with Gasteiger partial charge in [-0.2, -0.15) is 0 Å².